The van der Waals surface area contributed by atoms with Crippen molar-refractivity contribution in [1.29, 1.82) is 0 Å². The van der Waals surface area contributed by atoms with Crippen LogP contribution in [0.3, 0.4) is 0 Å². The molecule has 0 aliphatic heterocycles. The molecule has 6 rings (SSSR count). The Morgan fingerprint density at radius 1 is 0.474 bits per heavy atom. The Kier molecular flexibility index (Phi) is 17.4. The normalized spacial score (nSPS) is 9.11. The molecule has 6 aromatic rings. The molecule has 0 N–H and O–H groups in total. The molecule has 0 nitrogen and oxygen atoms in total. The van der Waals surface area contributed by atoms with Gasteiger partial charge in [-0.2, -0.15) is 12.1 Å². The van der Waals surface area contributed by atoms with Crippen molar-refractivity contribution in [2.45, 2.75) is 13.8 Å². The zero-order valence-corrected chi connectivity index (χ0v) is 27.3. The first-order valence-corrected chi connectivity index (χ1v) is 11.1. The molecule has 6 aromatic carbocycles. The fourth-order valence-corrected chi connectivity index (χ4v) is 4.51. The number of aryl methyl sites for hydroxylation is 2. The number of hydrogen-bond donors (Lipinski definition) is 0. The fourth-order valence-electron chi connectivity index (χ4n) is 4.51. The van der Waals surface area contributed by atoms with Gasteiger partial charge in [-0.05, 0) is 11.1 Å². The third-order valence-electron chi connectivity index (χ3n) is 5.96. The predicted molar refractivity (Wildman–Crippen MR) is 158 cm³/mol. The van der Waals surface area contributed by atoms with Crippen LogP contribution in [0.2, 0.25) is 0 Å². The van der Waals surface area contributed by atoms with Gasteiger partial charge in [-0.3, -0.25) is 0 Å². The molecular formula is C34H32Cl2SiZr-4. The monoisotopic (exact) mass is 628 g/mol. The van der Waals surface area contributed by atoms with Gasteiger partial charge in [0.1, 0.15) is 0 Å². The average molecular weight is 631 g/mol. The van der Waals surface area contributed by atoms with Gasteiger partial charge in [-0.15, -0.1) is 69.1 Å². The molecule has 194 valence electrons. The van der Waals surface area contributed by atoms with Crippen molar-refractivity contribution in [3.05, 3.63) is 147 Å². The molecule has 0 fully saturated rings. The van der Waals surface area contributed by atoms with Crippen LogP contribution in [0, 0.1) is 28.7 Å². The molecule has 38 heavy (non-hydrogen) atoms. The zero-order chi connectivity index (χ0) is 21.9. The van der Waals surface area contributed by atoms with Gasteiger partial charge in [-0.1, -0.05) is 97.8 Å². The van der Waals surface area contributed by atoms with Gasteiger partial charge in [0.25, 0.3) is 0 Å². The molecule has 0 aliphatic carbocycles. The maximum absolute atomic E-state index is 2.26. The van der Waals surface area contributed by atoms with Gasteiger partial charge < -0.3 is 39.7 Å². The number of fused-ring (bicyclic) bond motifs is 2. The van der Waals surface area contributed by atoms with Gasteiger partial charge in [-0.25, -0.2) is 0 Å². The number of rotatable bonds is 2. The molecule has 4 heteroatoms. The predicted octanol–water partition coefficient (Wildman–Crippen LogP) is 3.59. The van der Waals surface area contributed by atoms with Crippen LogP contribution in [0.15, 0.2) is 121 Å². The quantitative estimate of drug-likeness (QED) is 0.203. The third kappa shape index (κ3) is 8.39. The Bertz CT molecular complexity index is 1370. The Morgan fingerprint density at radius 2 is 0.816 bits per heavy atom. The van der Waals surface area contributed by atoms with Crippen molar-refractivity contribution in [3.63, 3.8) is 0 Å². The van der Waals surface area contributed by atoms with Crippen molar-refractivity contribution >= 4 is 32.5 Å². The van der Waals surface area contributed by atoms with E-state index in [1.807, 2.05) is 0 Å². The largest absolute Gasteiger partial charge is 2.00 e. The molecule has 0 heterocycles. The second-order valence-corrected chi connectivity index (χ2v) is 8.41. The van der Waals surface area contributed by atoms with Crippen molar-refractivity contribution < 1.29 is 51.0 Å². The van der Waals surface area contributed by atoms with Gasteiger partial charge in [0.05, 0.1) is 0 Å². The van der Waals surface area contributed by atoms with Gasteiger partial charge in [0, 0.05) is 11.0 Å². The van der Waals surface area contributed by atoms with E-state index in [2.05, 4.69) is 135 Å². The SMILES string of the molecule is Cc1cc2c(-c3ccccc3)cccc2[cH-]1.Cc1cc2c(-c3ccccc3)cccc2[cH-]1.[CH3-].[CH3-].[Cl-].[Cl-].[Si].[Zr+2]. The first-order chi connectivity index (χ1) is 15.7. The molecule has 0 unspecified atom stereocenters. The Balaban J connectivity index is 0. The molecule has 0 bridgehead atoms. The summed E-state index contributed by atoms with van der Waals surface area (Å²) in [7, 11) is 0. The van der Waals surface area contributed by atoms with Crippen molar-refractivity contribution in [1.82, 2.24) is 0 Å². The summed E-state index contributed by atoms with van der Waals surface area (Å²) in [5.74, 6) is 0. The summed E-state index contributed by atoms with van der Waals surface area (Å²) in [5.41, 5.74) is 7.89. The smallest absolute Gasteiger partial charge is 1.00 e. The minimum absolute atomic E-state index is 0. The molecule has 0 saturated carbocycles. The molecule has 4 radical (unpaired) electrons. The standard InChI is InChI=1S/2C16H13.2CH3.2ClH.Si.Zr/c2*1-12-10-14-8-5-9-15(16(14)11-12)13-6-3-2-4-7-13;;;;;;/h2*2-11H,1H3;2*1H3;2*1H;;/q4*-1;;;;+2/p-2. The molecule has 0 spiro atoms. The van der Waals surface area contributed by atoms with E-state index in [4.69, 9.17) is 0 Å². The van der Waals surface area contributed by atoms with E-state index in [0.717, 1.165) is 0 Å². The minimum atomic E-state index is 0. The average Bonchev–Trinajstić information content (AvgIpc) is 3.41. The second kappa shape index (κ2) is 17.4. The first-order valence-electron chi connectivity index (χ1n) is 11.1. The second-order valence-electron chi connectivity index (χ2n) is 8.41. The van der Waals surface area contributed by atoms with Crippen LogP contribution in [-0.2, 0) is 26.2 Å². The summed E-state index contributed by atoms with van der Waals surface area (Å²) in [6, 6.07) is 43.1. The van der Waals surface area contributed by atoms with E-state index in [1.54, 1.807) is 0 Å². The summed E-state index contributed by atoms with van der Waals surface area (Å²) in [6.07, 6.45) is 0. The van der Waals surface area contributed by atoms with E-state index < -0.39 is 0 Å². The van der Waals surface area contributed by atoms with Crippen LogP contribution in [-0.4, -0.2) is 11.0 Å². The van der Waals surface area contributed by atoms with Crippen LogP contribution in [0.25, 0.3) is 43.8 Å². The molecule has 0 aromatic heterocycles. The zero-order valence-electron chi connectivity index (χ0n) is 22.3. The van der Waals surface area contributed by atoms with E-state index in [1.165, 1.54) is 54.9 Å². The van der Waals surface area contributed by atoms with Crippen LogP contribution in [0.1, 0.15) is 11.1 Å². The molecular weight excluding hydrogens is 599 g/mol. The minimum Gasteiger partial charge on any atom is -1.00 e. The molecule has 0 amide bonds. The summed E-state index contributed by atoms with van der Waals surface area (Å²) in [4.78, 5) is 0. The van der Waals surface area contributed by atoms with Crippen molar-refractivity contribution in [2.24, 2.45) is 0 Å². The summed E-state index contributed by atoms with van der Waals surface area (Å²) >= 11 is 0. The maximum atomic E-state index is 2.26. The third-order valence-corrected chi connectivity index (χ3v) is 5.96. The topological polar surface area (TPSA) is 0 Å². The van der Waals surface area contributed by atoms with E-state index in [0.29, 0.717) is 0 Å². The summed E-state index contributed by atoms with van der Waals surface area (Å²) < 4.78 is 0. The molecule has 0 aliphatic rings. The van der Waals surface area contributed by atoms with Gasteiger partial charge in [0.15, 0.2) is 0 Å². The van der Waals surface area contributed by atoms with Crippen molar-refractivity contribution in [2.75, 3.05) is 0 Å². The summed E-state index contributed by atoms with van der Waals surface area (Å²) in [5, 5.41) is 5.37. The summed E-state index contributed by atoms with van der Waals surface area (Å²) in [6.45, 7) is 4.30. The molecule has 0 atom stereocenters. The van der Waals surface area contributed by atoms with Crippen LogP contribution in [0.5, 0.6) is 0 Å². The number of hydrogen-bond acceptors (Lipinski definition) is 0. The fraction of sp³-hybridized carbons (Fsp3) is 0.0588. The first kappa shape index (κ1) is 37.9. The van der Waals surface area contributed by atoms with Crippen LogP contribution in [0.4, 0.5) is 0 Å². The number of benzene rings is 4. The van der Waals surface area contributed by atoms with E-state index in [9.17, 15) is 0 Å². The maximum Gasteiger partial charge on any atom is 2.00 e. The number of halogens is 2. The van der Waals surface area contributed by atoms with Gasteiger partial charge >= 0.3 is 26.2 Å². The van der Waals surface area contributed by atoms with E-state index in [-0.39, 0.29) is 76.8 Å². The Morgan fingerprint density at radius 3 is 1.16 bits per heavy atom. The van der Waals surface area contributed by atoms with Crippen molar-refractivity contribution in [3.8, 4) is 22.3 Å². The van der Waals surface area contributed by atoms with Crippen LogP contribution < -0.4 is 24.8 Å². The van der Waals surface area contributed by atoms with Crippen LogP contribution >= 0.6 is 0 Å². The van der Waals surface area contributed by atoms with Gasteiger partial charge in [0.2, 0.25) is 0 Å². The Labute approximate surface area is 265 Å². The van der Waals surface area contributed by atoms with E-state index >= 15 is 0 Å². The molecule has 0 saturated heterocycles. The Hall–Kier alpha value is -2.22.